The van der Waals surface area contributed by atoms with Crippen molar-refractivity contribution < 1.29 is 48.5 Å². The molecule has 0 aliphatic carbocycles. The maximum Gasteiger partial charge on any atom is 0.326 e. The molecule has 0 saturated carbocycles. The summed E-state index contributed by atoms with van der Waals surface area (Å²) in [6, 6.07) is -1.16. The Labute approximate surface area is 267 Å². The smallest absolute Gasteiger partial charge is 0.326 e. The zero-order valence-corrected chi connectivity index (χ0v) is 27.0. The Morgan fingerprint density at radius 1 is 0.556 bits per heavy atom. The Hall–Kier alpha value is -3.06. The van der Waals surface area contributed by atoms with Gasteiger partial charge in [0.2, 0.25) is 17.7 Å². The van der Waals surface area contributed by atoms with E-state index in [0.717, 1.165) is 38.5 Å². The highest BCUT2D eigenvalue weighted by molar-refractivity contribution is 5.87. The van der Waals surface area contributed by atoms with Crippen molar-refractivity contribution in [1.29, 1.82) is 0 Å². The number of hydrogen-bond acceptors (Lipinski definition) is 8. The average Bonchev–Trinajstić information content (AvgIpc) is 3.00. The van der Waals surface area contributed by atoms with Gasteiger partial charge in [-0.3, -0.25) is 19.2 Å². The fraction of sp³-hybridized carbons (Fsp3) is 0.812. The zero-order valence-electron chi connectivity index (χ0n) is 27.0. The zero-order chi connectivity index (χ0) is 33.4. The number of rotatable bonds is 33. The van der Waals surface area contributed by atoms with Crippen LogP contribution < -0.4 is 16.0 Å². The summed E-state index contributed by atoms with van der Waals surface area (Å²) >= 11 is 0. The molecule has 5 N–H and O–H groups in total. The summed E-state index contributed by atoms with van der Waals surface area (Å²) in [5.74, 6) is -2.83. The third kappa shape index (κ3) is 30.7. The molecule has 0 aromatic heterocycles. The molecule has 45 heavy (non-hydrogen) atoms. The second-order valence-electron chi connectivity index (χ2n) is 11.1. The predicted octanol–water partition coefficient (Wildman–Crippen LogP) is 3.52. The first-order chi connectivity index (χ1) is 21.8. The Kier molecular flexibility index (Phi) is 28.8. The van der Waals surface area contributed by atoms with E-state index in [0.29, 0.717) is 39.1 Å². The number of aldehydes is 1. The number of carboxylic acid groups (broad SMARTS) is 2. The van der Waals surface area contributed by atoms with Gasteiger partial charge in [0.1, 0.15) is 12.3 Å². The van der Waals surface area contributed by atoms with Crippen LogP contribution in [0.2, 0.25) is 0 Å². The lowest BCUT2D eigenvalue weighted by Gasteiger charge is -2.13. The van der Waals surface area contributed by atoms with Crippen LogP contribution in [0.15, 0.2) is 0 Å². The van der Waals surface area contributed by atoms with Gasteiger partial charge in [-0.05, 0) is 19.3 Å². The Morgan fingerprint density at radius 2 is 0.978 bits per heavy atom. The predicted molar refractivity (Wildman–Crippen MR) is 169 cm³/mol. The van der Waals surface area contributed by atoms with Gasteiger partial charge in [0.15, 0.2) is 0 Å². The quantitative estimate of drug-likeness (QED) is 0.0521. The van der Waals surface area contributed by atoms with E-state index in [-0.39, 0.29) is 57.1 Å². The molecule has 0 saturated heterocycles. The van der Waals surface area contributed by atoms with Crippen molar-refractivity contribution in [2.45, 2.75) is 128 Å². The molecule has 0 heterocycles. The molecule has 0 fully saturated rings. The molecule has 0 unspecified atom stereocenters. The summed E-state index contributed by atoms with van der Waals surface area (Å²) in [5, 5.41) is 25.4. The summed E-state index contributed by atoms with van der Waals surface area (Å²) in [7, 11) is 0. The van der Waals surface area contributed by atoms with Crippen LogP contribution in [0.3, 0.4) is 0 Å². The van der Waals surface area contributed by atoms with Crippen molar-refractivity contribution in [1.82, 2.24) is 16.0 Å². The van der Waals surface area contributed by atoms with E-state index in [4.69, 9.17) is 19.7 Å². The van der Waals surface area contributed by atoms with Crippen molar-refractivity contribution in [2.75, 3.05) is 39.5 Å². The van der Waals surface area contributed by atoms with Crippen LogP contribution in [0.4, 0.5) is 0 Å². The van der Waals surface area contributed by atoms with Gasteiger partial charge in [-0.25, -0.2) is 4.79 Å². The maximum absolute atomic E-state index is 11.9. The second kappa shape index (κ2) is 30.9. The van der Waals surface area contributed by atoms with Crippen molar-refractivity contribution in [3.63, 3.8) is 0 Å². The molecule has 260 valence electrons. The highest BCUT2D eigenvalue weighted by atomic mass is 16.5. The average molecular weight is 644 g/mol. The first-order valence-electron chi connectivity index (χ1n) is 16.6. The lowest BCUT2D eigenvalue weighted by atomic mass is 10.0. The molecule has 0 aliphatic heterocycles. The molecule has 0 bridgehead atoms. The van der Waals surface area contributed by atoms with Gasteiger partial charge in [0.25, 0.3) is 0 Å². The van der Waals surface area contributed by atoms with Gasteiger partial charge in [-0.2, -0.15) is 0 Å². The van der Waals surface area contributed by atoms with E-state index < -0.39 is 23.9 Å². The van der Waals surface area contributed by atoms with Crippen LogP contribution in [0.25, 0.3) is 0 Å². The molecule has 0 rings (SSSR count). The Morgan fingerprint density at radius 3 is 1.42 bits per heavy atom. The van der Waals surface area contributed by atoms with E-state index in [1.807, 2.05) is 0 Å². The number of amides is 3. The summed E-state index contributed by atoms with van der Waals surface area (Å²) < 4.78 is 10.8. The molecule has 13 heteroatoms. The Bertz CT molecular complexity index is 825. The summed E-state index contributed by atoms with van der Waals surface area (Å²) in [5.41, 5.74) is 0. The number of unbranched alkanes of at least 4 members (excludes halogenated alkanes) is 12. The van der Waals surface area contributed by atoms with Crippen LogP contribution in [0, 0.1) is 0 Å². The van der Waals surface area contributed by atoms with E-state index in [9.17, 15) is 28.8 Å². The monoisotopic (exact) mass is 643 g/mol. The normalized spacial score (nSPS) is 11.5. The number of aliphatic carboxylic acids is 2. The highest BCUT2D eigenvalue weighted by Gasteiger charge is 2.19. The third-order valence-electron chi connectivity index (χ3n) is 7.09. The summed E-state index contributed by atoms with van der Waals surface area (Å²) in [6.07, 6.45) is 15.9. The molecule has 0 aromatic rings. The van der Waals surface area contributed by atoms with Gasteiger partial charge < -0.3 is 40.4 Å². The van der Waals surface area contributed by atoms with Crippen LogP contribution >= 0.6 is 0 Å². The molecule has 13 nitrogen and oxygen atoms in total. The van der Waals surface area contributed by atoms with Crippen LogP contribution in [0.1, 0.15) is 122 Å². The van der Waals surface area contributed by atoms with Crippen molar-refractivity contribution in [3.05, 3.63) is 0 Å². The van der Waals surface area contributed by atoms with Gasteiger partial charge in [-0.1, -0.05) is 70.6 Å². The lowest BCUT2D eigenvalue weighted by Crippen LogP contribution is -2.41. The summed E-state index contributed by atoms with van der Waals surface area (Å²) in [4.78, 5) is 67.5. The van der Waals surface area contributed by atoms with Crippen molar-refractivity contribution >= 4 is 35.9 Å². The molecule has 0 aromatic carbocycles. The van der Waals surface area contributed by atoms with Crippen molar-refractivity contribution in [3.8, 4) is 0 Å². The fourth-order valence-corrected chi connectivity index (χ4v) is 4.52. The number of nitrogens with one attached hydrogen (secondary N) is 3. The van der Waals surface area contributed by atoms with Gasteiger partial charge in [0.05, 0.1) is 26.4 Å². The lowest BCUT2D eigenvalue weighted by molar-refractivity contribution is -0.142. The van der Waals surface area contributed by atoms with Gasteiger partial charge >= 0.3 is 11.9 Å². The van der Waals surface area contributed by atoms with E-state index >= 15 is 0 Å². The van der Waals surface area contributed by atoms with E-state index in [2.05, 4.69) is 16.0 Å². The van der Waals surface area contributed by atoms with E-state index in [1.165, 1.54) is 44.9 Å². The van der Waals surface area contributed by atoms with Crippen molar-refractivity contribution in [2.24, 2.45) is 0 Å². The van der Waals surface area contributed by atoms with E-state index in [1.54, 1.807) is 0 Å². The fourth-order valence-electron chi connectivity index (χ4n) is 4.52. The van der Waals surface area contributed by atoms with Crippen LogP contribution in [-0.4, -0.2) is 91.7 Å². The Balaban J connectivity index is 3.43. The number of ether oxygens (including phenoxy) is 2. The molecule has 0 aliphatic rings. The van der Waals surface area contributed by atoms with Gasteiger partial charge in [0, 0.05) is 45.2 Å². The molecule has 3 amide bonds. The largest absolute Gasteiger partial charge is 0.481 e. The molecule has 0 spiro atoms. The SMILES string of the molecule is O=CCC[C@H](NC(=O)CCC(=O)NCCOCCOCCNC(=O)CCCCCCCCCCCCCCCC(=O)O)C(=O)O. The molecule has 0 radical (unpaired) electrons. The molecular weight excluding hydrogens is 586 g/mol. The number of carbonyl (C=O) groups excluding carboxylic acids is 4. The highest BCUT2D eigenvalue weighted by Crippen LogP contribution is 2.13. The summed E-state index contributed by atoms with van der Waals surface area (Å²) in [6.45, 7) is 2.04. The topological polar surface area (TPSA) is 197 Å². The first kappa shape index (κ1) is 41.9. The second-order valence-corrected chi connectivity index (χ2v) is 11.1. The maximum atomic E-state index is 11.9. The first-order valence-corrected chi connectivity index (χ1v) is 16.6. The standard InChI is InChI=1S/C32H57N3O10/c36-22-14-15-27(32(42)43)35-30(39)19-18-29(38)34-21-24-45-26-25-44-23-20-33-28(37)16-12-10-8-6-4-2-1-3-5-7-9-11-13-17-31(40)41/h22,27H,1-21,23-26H2,(H,33,37)(H,34,38)(H,35,39)(H,40,41)(H,42,43)/t27-/m0/s1. The number of carboxylic acids is 2. The van der Waals surface area contributed by atoms with Crippen LogP contribution in [-0.2, 0) is 38.2 Å². The molecule has 1 atom stereocenters. The van der Waals surface area contributed by atoms with Crippen LogP contribution in [0.5, 0.6) is 0 Å². The third-order valence-corrected chi connectivity index (χ3v) is 7.09. The number of hydrogen-bond donors (Lipinski definition) is 5. The van der Waals surface area contributed by atoms with Gasteiger partial charge in [-0.15, -0.1) is 0 Å². The number of carbonyl (C=O) groups is 6. The minimum Gasteiger partial charge on any atom is -0.481 e. The molecular formula is C32H57N3O10. The minimum atomic E-state index is -1.23. The minimum absolute atomic E-state index is 0.00190.